The minimum atomic E-state index is -0.374. The van der Waals surface area contributed by atoms with Gasteiger partial charge in [-0.05, 0) is 48.5 Å². The molecule has 1 amide bonds. The molecule has 0 saturated heterocycles. The van der Waals surface area contributed by atoms with Gasteiger partial charge in [-0.2, -0.15) is 0 Å². The monoisotopic (exact) mass is 386 g/mol. The van der Waals surface area contributed by atoms with E-state index in [9.17, 15) is 4.79 Å². The molecule has 0 radical (unpaired) electrons. The van der Waals surface area contributed by atoms with Crippen LogP contribution < -0.4 is 15.4 Å². The van der Waals surface area contributed by atoms with E-state index in [1.807, 2.05) is 41.3 Å². The first-order valence-electron chi connectivity index (χ1n) is 8.31. The molecule has 0 saturated carbocycles. The molecule has 2 aromatic carbocycles. The molecule has 0 unspecified atom stereocenters. The van der Waals surface area contributed by atoms with Crippen LogP contribution in [0.5, 0.6) is 5.75 Å². The molecule has 1 heterocycles. The maximum atomic E-state index is 11.2. The highest BCUT2D eigenvalue weighted by Gasteiger charge is 2.15. The van der Waals surface area contributed by atoms with Crippen molar-refractivity contribution in [3.63, 3.8) is 0 Å². The summed E-state index contributed by atoms with van der Waals surface area (Å²) in [7, 11) is 1.61. The Morgan fingerprint density at radius 1 is 1.15 bits per heavy atom. The Balaban J connectivity index is 1.78. The van der Waals surface area contributed by atoms with Gasteiger partial charge in [0.2, 0.25) is 17.7 Å². The van der Waals surface area contributed by atoms with Gasteiger partial charge in [0.25, 0.3) is 0 Å². The van der Waals surface area contributed by atoms with Gasteiger partial charge in [0.15, 0.2) is 0 Å². The SMILES string of the molecule is COc1ccc(N(CCC(N)=O)Cc2nnc(-c3ccc(Cl)cc3)o2)cc1. The van der Waals surface area contributed by atoms with E-state index in [-0.39, 0.29) is 12.3 Å². The lowest BCUT2D eigenvalue weighted by Gasteiger charge is -2.22. The summed E-state index contributed by atoms with van der Waals surface area (Å²) in [6.45, 7) is 0.778. The Hall–Kier alpha value is -3.06. The molecule has 0 atom stereocenters. The minimum Gasteiger partial charge on any atom is -0.497 e. The van der Waals surface area contributed by atoms with Gasteiger partial charge in [0, 0.05) is 29.2 Å². The summed E-state index contributed by atoms with van der Waals surface area (Å²) in [5, 5.41) is 8.83. The molecule has 3 aromatic rings. The van der Waals surface area contributed by atoms with Crippen LogP contribution in [-0.4, -0.2) is 29.8 Å². The Morgan fingerprint density at radius 3 is 2.48 bits per heavy atom. The number of halogens is 1. The topological polar surface area (TPSA) is 94.5 Å². The highest BCUT2D eigenvalue weighted by Crippen LogP contribution is 2.24. The predicted molar refractivity (Wildman–Crippen MR) is 103 cm³/mol. The molecule has 7 nitrogen and oxygen atoms in total. The fraction of sp³-hybridized carbons (Fsp3) is 0.211. The van der Waals surface area contributed by atoms with Crippen molar-refractivity contribution in [2.45, 2.75) is 13.0 Å². The summed E-state index contributed by atoms with van der Waals surface area (Å²) in [6.07, 6.45) is 0.213. The van der Waals surface area contributed by atoms with Gasteiger partial charge in [-0.1, -0.05) is 11.6 Å². The van der Waals surface area contributed by atoms with Crippen LogP contribution in [0.2, 0.25) is 5.02 Å². The second kappa shape index (κ2) is 8.55. The number of amides is 1. The average Bonchev–Trinajstić information content (AvgIpc) is 3.14. The third-order valence-corrected chi connectivity index (χ3v) is 4.20. The number of ether oxygens (including phenoxy) is 1. The van der Waals surface area contributed by atoms with Gasteiger partial charge in [0.1, 0.15) is 5.75 Å². The summed E-state index contributed by atoms with van der Waals surface area (Å²) < 4.78 is 10.9. The van der Waals surface area contributed by atoms with E-state index in [2.05, 4.69) is 10.2 Å². The fourth-order valence-corrected chi connectivity index (χ4v) is 2.65. The second-order valence-electron chi connectivity index (χ2n) is 5.84. The van der Waals surface area contributed by atoms with Crippen molar-refractivity contribution in [3.05, 3.63) is 59.4 Å². The molecule has 1 aromatic heterocycles. The summed E-state index contributed by atoms with van der Waals surface area (Å²) >= 11 is 5.90. The molecule has 27 heavy (non-hydrogen) atoms. The Kier molecular flexibility index (Phi) is 5.93. The van der Waals surface area contributed by atoms with Crippen LogP contribution in [0.3, 0.4) is 0 Å². The molecule has 3 rings (SSSR count). The van der Waals surface area contributed by atoms with E-state index < -0.39 is 0 Å². The zero-order valence-electron chi connectivity index (χ0n) is 14.8. The summed E-state index contributed by atoms with van der Waals surface area (Å²) in [5.41, 5.74) is 6.98. The molecule has 0 aliphatic heterocycles. The van der Waals surface area contributed by atoms with Crippen molar-refractivity contribution in [3.8, 4) is 17.2 Å². The Bertz CT molecular complexity index is 894. The highest BCUT2D eigenvalue weighted by molar-refractivity contribution is 6.30. The van der Waals surface area contributed by atoms with Crippen molar-refractivity contribution >= 4 is 23.2 Å². The van der Waals surface area contributed by atoms with Crippen LogP contribution in [0.25, 0.3) is 11.5 Å². The summed E-state index contributed by atoms with van der Waals surface area (Å²) in [4.78, 5) is 13.2. The van der Waals surface area contributed by atoms with Crippen LogP contribution in [0.1, 0.15) is 12.3 Å². The quantitative estimate of drug-likeness (QED) is 0.638. The first-order chi connectivity index (χ1) is 13.0. The van der Waals surface area contributed by atoms with Gasteiger partial charge in [-0.3, -0.25) is 4.79 Å². The van der Waals surface area contributed by atoms with Gasteiger partial charge < -0.3 is 19.8 Å². The normalized spacial score (nSPS) is 10.6. The maximum absolute atomic E-state index is 11.2. The van der Waals surface area contributed by atoms with E-state index in [0.717, 1.165) is 17.0 Å². The lowest BCUT2D eigenvalue weighted by atomic mass is 10.2. The standard InChI is InChI=1S/C19H19ClN4O3/c1-26-16-8-6-15(7-9-16)24(11-10-17(21)25)12-18-22-23-19(27-18)13-2-4-14(20)5-3-13/h2-9H,10-12H2,1H3,(H2,21,25). The van der Waals surface area contributed by atoms with E-state index in [0.29, 0.717) is 29.9 Å². The van der Waals surface area contributed by atoms with E-state index in [1.165, 1.54) is 0 Å². The zero-order chi connectivity index (χ0) is 19.2. The summed E-state index contributed by atoms with van der Waals surface area (Å²) in [6, 6.07) is 14.6. The molecular formula is C19H19ClN4O3. The lowest BCUT2D eigenvalue weighted by Crippen LogP contribution is -2.27. The number of rotatable bonds is 8. The maximum Gasteiger partial charge on any atom is 0.247 e. The molecule has 8 heteroatoms. The van der Waals surface area contributed by atoms with Crippen molar-refractivity contribution in [2.75, 3.05) is 18.6 Å². The fourth-order valence-electron chi connectivity index (χ4n) is 2.53. The van der Waals surface area contributed by atoms with Gasteiger partial charge in [0.05, 0.1) is 13.7 Å². The zero-order valence-corrected chi connectivity index (χ0v) is 15.5. The molecule has 2 N–H and O–H groups in total. The number of hydrogen-bond acceptors (Lipinski definition) is 6. The number of hydrogen-bond donors (Lipinski definition) is 1. The average molecular weight is 387 g/mol. The molecule has 140 valence electrons. The highest BCUT2D eigenvalue weighted by atomic mass is 35.5. The minimum absolute atomic E-state index is 0.213. The van der Waals surface area contributed by atoms with Crippen molar-refractivity contribution in [1.82, 2.24) is 10.2 Å². The van der Waals surface area contributed by atoms with E-state index >= 15 is 0 Å². The Labute approximate surface area is 161 Å². The number of carbonyl (C=O) groups is 1. The lowest BCUT2D eigenvalue weighted by molar-refractivity contribution is -0.117. The van der Waals surface area contributed by atoms with Crippen LogP contribution in [0, 0.1) is 0 Å². The number of methoxy groups -OCH3 is 1. The van der Waals surface area contributed by atoms with E-state index in [4.69, 9.17) is 26.5 Å². The number of nitrogens with two attached hydrogens (primary N) is 1. The number of carbonyl (C=O) groups excluding carboxylic acids is 1. The van der Waals surface area contributed by atoms with Crippen LogP contribution in [0.4, 0.5) is 5.69 Å². The molecule has 0 aliphatic rings. The number of primary amides is 1. The molecule has 0 aliphatic carbocycles. The first-order valence-corrected chi connectivity index (χ1v) is 8.68. The predicted octanol–water partition coefficient (Wildman–Crippen LogP) is 3.28. The van der Waals surface area contributed by atoms with Crippen molar-refractivity contribution in [2.24, 2.45) is 5.73 Å². The number of anilines is 1. The molecular weight excluding hydrogens is 368 g/mol. The van der Waals surface area contributed by atoms with Gasteiger partial charge in [-0.15, -0.1) is 10.2 Å². The van der Waals surface area contributed by atoms with Crippen molar-refractivity contribution in [1.29, 1.82) is 0 Å². The first kappa shape index (κ1) is 18.7. The third-order valence-electron chi connectivity index (χ3n) is 3.95. The number of benzene rings is 2. The molecule has 0 bridgehead atoms. The van der Waals surface area contributed by atoms with Crippen LogP contribution in [0.15, 0.2) is 52.9 Å². The van der Waals surface area contributed by atoms with Crippen LogP contribution in [-0.2, 0) is 11.3 Å². The number of aromatic nitrogens is 2. The second-order valence-corrected chi connectivity index (χ2v) is 6.28. The van der Waals surface area contributed by atoms with Gasteiger partial charge in [-0.25, -0.2) is 0 Å². The largest absolute Gasteiger partial charge is 0.497 e. The van der Waals surface area contributed by atoms with E-state index in [1.54, 1.807) is 19.2 Å². The summed E-state index contributed by atoms with van der Waals surface area (Å²) in [5.74, 6) is 1.21. The Morgan fingerprint density at radius 2 is 1.85 bits per heavy atom. The van der Waals surface area contributed by atoms with Crippen molar-refractivity contribution < 1.29 is 13.9 Å². The molecule has 0 spiro atoms. The smallest absolute Gasteiger partial charge is 0.247 e. The van der Waals surface area contributed by atoms with Crippen LogP contribution >= 0.6 is 11.6 Å². The van der Waals surface area contributed by atoms with Gasteiger partial charge >= 0.3 is 0 Å². The number of nitrogens with zero attached hydrogens (tertiary/aromatic N) is 3. The molecule has 0 fully saturated rings. The third kappa shape index (κ3) is 4.98.